The fourth-order valence-electron chi connectivity index (χ4n) is 3.10. The number of aryl methyl sites for hydroxylation is 1. The van der Waals surface area contributed by atoms with Gasteiger partial charge in [-0.05, 0) is 36.4 Å². The lowest BCUT2D eigenvalue weighted by Crippen LogP contribution is -2.69. The number of aliphatic carboxylic acids is 1. The van der Waals surface area contributed by atoms with E-state index in [-0.39, 0.29) is 34.6 Å². The van der Waals surface area contributed by atoms with Crippen LogP contribution < -0.4 is 20.1 Å². The number of aromatic nitrogens is 2. The van der Waals surface area contributed by atoms with Crippen molar-refractivity contribution in [3.8, 4) is 28.7 Å². The van der Waals surface area contributed by atoms with Crippen LogP contribution >= 0.6 is 0 Å². The molecule has 13 heteroatoms. The maximum absolute atomic E-state index is 14.4. The van der Waals surface area contributed by atoms with Crippen LogP contribution in [0.15, 0.2) is 46.9 Å². The van der Waals surface area contributed by atoms with Crippen LogP contribution in [0, 0.1) is 12.7 Å². The Bertz CT molecular complexity index is 1280. The minimum Gasteiger partial charge on any atom is -0.481 e. The van der Waals surface area contributed by atoms with Gasteiger partial charge in [0, 0.05) is 13.0 Å². The van der Waals surface area contributed by atoms with Crippen molar-refractivity contribution < 1.29 is 42.6 Å². The van der Waals surface area contributed by atoms with E-state index in [0.29, 0.717) is 0 Å². The first-order valence-corrected chi connectivity index (χ1v) is 9.62. The van der Waals surface area contributed by atoms with Crippen molar-refractivity contribution >= 4 is 23.8 Å². The van der Waals surface area contributed by atoms with Gasteiger partial charge in [-0.2, -0.15) is 0 Å². The largest absolute Gasteiger partial charge is 0.481 e. The smallest absolute Gasteiger partial charge is 0.328 e. The zero-order valence-electron chi connectivity index (χ0n) is 17.3. The van der Waals surface area contributed by atoms with Gasteiger partial charge in [-0.15, -0.1) is 10.2 Å². The summed E-state index contributed by atoms with van der Waals surface area (Å²) in [6.07, 6.45) is -1.03. The molecule has 3 N–H and O–H groups in total. The van der Waals surface area contributed by atoms with Crippen molar-refractivity contribution in [1.29, 1.82) is 0 Å². The molecule has 1 aliphatic rings. The SMILES string of the molecule is Cc1nnc(-c2ccc(Oc3ccc(OC4(CC(=O)O)C(=O)NC(=O)NC4=O)cc3)cc2F)o1. The number of imide groups is 2. The first-order valence-electron chi connectivity index (χ1n) is 9.62. The van der Waals surface area contributed by atoms with Crippen molar-refractivity contribution in [3.63, 3.8) is 0 Å². The molecule has 0 atom stereocenters. The molecule has 3 aromatic rings. The van der Waals surface area contributed by atoms with E-state index < -0.39 is 41.7 Å². The van der Waals surface area contributed by atoms with Crippen molar-refractivity contribution in [2.75, 3.05) is 0 Å². The molecule has 34 heavy (non-hydrogen) atoms. The lowest BCUT2D eigenvalue weighted by Gasteiger charge is -2.32. The summed E-state index contributed by atoms with van der Waals surface area (Å²) in [7, 11) is 0. The molecular weight excluding hydrogens is 455 g/mol. The van der Waals surface area contributed by atoms with Crippen LogP contribution in [-0.4, -0.2) is 44.7 Å². The molecule has 0 spiro atoms. The maximum Gasteiger partial charge on any atom is 0.328 e. The molecule has 1 aromatic heterocycles. The minimum atomic E-state index is -2.49. The molecule has 0 aliphatic carbocycles. The molecule has 1 aliphatic heterocycles. The number of rotatable bonds is 7. The second-order valence-corrected chi connectivity index (χ2v) is 7.08. The van der Waals surface area contributed by atoms with Crippen molar-refractivity contribution in [2.24, 2.45) is 0 Å². The number of benzene rings is 2. The van der Waals surface area contributed by atoms with E-state index in [1.54, 1.807) is 6.92 Å². The Balaban J connectivity index is 1.51. The molecular formula is C21H15FN4O8. The van der Waals surface area contributed by atoms with Gasteiger partial charge in [0.1, 0.15) is 29.5 Å². The number of barbiturate groups is 1. The molecule has 1 fully saturated rings. The lowest BCUT2D eigenvalue weighted by molar-refractivity contribution is -0.159. The first kappa shape index (κ1) is 22.4. The molecule has 4 amide bonds. The number of carbonyl (C=O) groups excluding carboxylic acids is 3. The molecule has 0 saturated carbocycles. The molecule has 174 valence electrons. The predicted octanol–water partition coefficient (Wildman–Crippen LogP) is 1.93. The van der Waals surface area contributed by atoms with Gasteiger partial charge >= 0.3 is 12.0 Å². The second kappa shape index (κ2) is 8.61. The summed E-state index contributed by atoms with van der Waals surface area (Å²) in [6.45, 7) is 1.58. The van der Waals surface area contributed by atoms with E-state index >= 15 is 0 Å². The third kappa shape index (κ3) is 4.39. The fraction of sp³-hybridized carbons (Fsp3) is 0.143. The highest BCUT2D eigenvalue weighted by molar-refractivity contribution is 6.23. The standard InChI is InChI=1S/C21H15FN4O8/c1-10-25-26-17(32-10)14-7-6-13(8-15(14)22)33-11-2-4-12(5-3-11)34-21(9-16(27)28)18(29)23-20(31)24-19(21)30/h2-8H,9H2,1H3,(H,27,28)(H2,23,24,29,30,31). The van der Waals surface area contributed by atoms with Crippen LogP contribution in [0.3, 0.4) is 0 Å². The van der Waals surface area contributed by atoms with Gasteiger partial charge < -0.3 is 19.0 Å². The molecule has 12 nitrogen and oxygen atoms in total. The second-order valence-electron chi connectivity index (χ2n) is 7.08. The number of amides is 4. The van der Waals surface area contributed by atoms with Crippen molar-refractivity contribution in [1.82, 2.24) is 20.8 Å². The van der Waals surface area contributed by atoms with Crippen LogP contribution in [0.2, 0.25) is 0 Å². The number of nitrogens with one attached hydrogen (secondary N) is 2. The van der Waals surface area contributed by atoms with Gasteiger partial charge in [-0.25, -0.2) is 9.18 Å². The summed E-state index contributed by atoms with van der Waals surface area (Å²) in [5, 5.41) is 20.2. The summed E-state index contributed by atoms with van der Waals surface area (Å²) in [5.41, 5.74) is -2.39. The first-order chi connectivity index (χ1) is 16.2. The Morgan fingerprint density at radius 1 is 1.03 bits per heavy atom. The molecule has 1 saturated heterocycles. The monoisotopic (exact) mass is 470 g/mol. The number of nitrogens with zero attached hydrogens (tertiary/aromatic N) is 2. The molecule has 0 radical (unpaired) electrons. The van der Waals surface area contributed by atoms with E-state index in [2.05, 4.69) is 10.2 Å². The summed E-state index contributed by atoms with van der Waals surface area (Å²) in [5.74, 6) is -3.92. The summed E-state index contributed by atoms with van der Waals surface area (Å²) < 4.78 is 30.7. The normalized spacial score (nSPS) is 14.8. The molecule has 0 bridgehead atoms. The van der Waals surface area contributed by atoms with Gasteiger partial charge in [0.25, 0.3) is 23.3 Å². The zero-order valence-corrected chi connectivity index (χ0v) is 17.3. The third-order valence-corrected chi connectivity index (χ3v) is 4.64. The summed E-state index contributed by atoms with van der Waals surface area (Å²) in [4.78, 5) is 47.2. The number of carboxylic acid groups (broad SMARTS) is 1. The average molecular weight is 470 g/mol. The predicted molar refractivity (Wildman–Crippen MR) is 108 cm³/mol. The van der Waals surface area contributed by atoms with Gasteiger partial charge in [0.15, 0.2) is 0 Å². The number of urea groups is 1. The Kier molecular flexibility index (Phi) is 5.67. The number of hydrogen-bond donors (Lipinski definition) is 3. The topological polar surface area (TPSA) is 170 Å². The van der Waals surface area contributed by atoms with Gasteiger partial charge in [-0.1, -0.05) is 0 Å². The number of halogens is 1. The molecule has 4 rings (SSSR count). The van der Waals surface area contributed by atoms with Crippen LogP contribution in [0.5, 0.6) is 17.2 Å². The van der Waals surface area contributed by atoms with E-state index in [1.165, 1.54) is 36.4 Å². The van der Waals surface area contributed by atoms with E-state index in [0.717, 1.165) is 6.07 Å². The summed E-state index contributed by atoms with van der Waals surface area (Å²) in [6, 6.07) is 8.32. The Morgan fingerprint density at radius 3 is 2.21 bits per heavy atom. The van der Waals surface area contributed by atoms with E-state index in [9.17, 15) is 23.6 Å². The van der Waals surface area contributed by atoms with Crippen molar-refractivity contribution in [3.05, 3.63) is 54.2 Å². The fourth-order valence-corrected chi connectivity index (χ4v) is 3.10. The van der Waals surface area contributed by atoms with Crippen LogP contribution in [0.25, 0.3) is 11.5 Å². The van der Waals surface area contributed by atoms with E-state index in [1.807, 2.05) is 10.6 Å². The molecule has 2 heterocycles. The Labute approximate surface area is 189 Å². The maximum atomic E-state index is 14.4. The average Bonchev–Trinajstić information content (AvgIpc) is 3.19. The third-order valence-electron chi connectivity index (χ3n) is 4.64. The minimum absolute atomic E-state index is 0.0239. The quantitative estimate of drug-likeness (QED) is 0.434. The molecule has 2 aromatic carbocycles. The van der Waals surface area contributed by atoms with Crippen LogP contribution in [0.1, 0.15) is 12.3 Å². The Morgan fingerprint density at radius 2 is 1.65 bits per heavy atom. The zero-order chi connectivity index (χ0) is 24.5. The van der Waals surface area contributed by atoms with Crippen molar-refractivity contribution in [2.45, 2.75) is 18.9 Å². The number of hydrogen-bond acceptors (Lipinski definition) is 9. The van der Waals surface area contributed by atoms with Crippen LogP contribution in [-0.2, 0) is 14.4 Å². The van der Waals surface area contributed by atoms with Gasteiger partial charge in [-0.3, -0.25) is 25.0 Å². The lowest BCUT2D eigenvalue weighted by atomic mass is 9.95. The number of carbonyl (C=O) groups is 4. The highest BCUT2D eigenvalue weighted by Crippen LogP contribution is 2.30. The number of carboxylic acids is 1. The van der Waals surface area contributed by atoms with E-state index in [4.69, 9.17) is 19.0 Å². The number of ether oxygens (including phenoxy) is 2. The molecule has 0 unspecified atom stereocenters. The summed E-state index contributed by atoms with van der Waals surface area (Å²) >= 11 is 0. The highest BCUT2D eigenvalue weighted by atomic mass is 19.1. The Hall–Kier alpha value is -4.81. The van der Waals surface area contributed by atoms with Crippen LogP contribution in [0.4, 0.5) is 9.18 Å². The highest BCUT2D eigenvalue weighted by Gasteiger charge is 2.54. The van der Waals surface area contributed by atoms with Gasteiger partial charge in [0.2, 0.25) is 5.89 Å². The van der Waals surface area contributed by atoms with Gasteiger partial charge in [0.05, 0.1) is 5.56 Å².